The zero-order valence-corrected chi connectivity index (χ0v) is 9.42. The number of rotatable bonds is 2. The van der Waals surface area contributed by atoms with Crippen molar-refractivity contribution in [3.8, 4) is 5.75 Å². The van der Waals surface area contributed by atoms with Crippen molar-refractivity contribution >= 4 is 15.9 Å². The monoisotopic (exact) mass is 256 g/mol. The molecule has 0 saturated heterocycles. The lowest BCUT2D eigenvalue weighted by atomic mass is 9.65. The van der Waals surface area contributed by atoms with Gasteiger partial charge in [-0.25, -0.2) is 0 Å². The third-order valence-electron chi connectivity index (χ3n) is 3.17. The molecular weight excluding hydrogens is 244 g/mol. The van der Waals surface area contributed by atoms with Gasteiger partial charge in [-0.05, 0) is 46.5 Å². The van der Waals surface area contributed by atoms with Crippen LogP contribution in [0.5, 0.6) is 5.75 Å². The predicted molar refractivity (Wildman–Crippen MR) is 58.4 cm³/mol. The highest BCUT2D eigenvalue weighted by molar-refractivity contribution is 9.10. The van der Waals surface area contributed by atoms with E-state index in [-0.39, 0.29) is 17.8 Å². The van der Waals surface area contributed by atoms with Crippen molar-refractivity contribution in [1.82, 2.24) is 0 Å². The Morgan fingerprint density at radius 2 is 2.07 bits per heavy atom. The molecule has 76 valence electrons. The van der Waals surface area contributed by atoms with E-state index in [1.165, 1.54) is 6.42 Å². The first-order valence-corrected chi connectivity index (χ1v) is 5.57. The van der Waals surface area contributed by atoms with E-state index in [0.29, 0.717) is 4.47 Å². The minimum atomic E-state index is -0.0454. The molecule has 2 rings (SSSR count). The lowest BCUT2D eigenvalue weighted by Gasteiger charge is -2.41. The first-order chi connectivity index (χ1) is 6.68. The Balaban J connectivity index is 2.36. The van der Waals surface area contributed by atoms with Gasteiger partial charge < -0.3 is 10.2 Å². The number of aliphatic hydroxyl groups is 1. The summed E-state index contributed by atoms with van der Waals surface area (Å²) in [5, 5.41) is 18.7. The number of halogens is 1. The number of hydrogen-bond donors (Lipinski definition) is 2. The molecule has 0 spiro atoms. The van der Waals surface area contributed by atoms with Crippen molar-refractivity contribution in [3.05, 3.63) is 28.2 Å². The van der Waals surface area contributed by atoms with Crippen molar-refractivity contribution in [1.29, 1.82) is 0 Å². The standard InChI is InChI=1S/C11H13BrO2/c12-9-6-8(2-3-10(9)14)11(7-13)4-1-5-11/h2-3,6,13-14H,1,4-5,7H2. The number of phenols is 1. The molecule has 2 N–H and O–H groups in total. The lowest BCUT2D eigenvalue weighted by Crippen LogP contribution is -2.37. The Morgan fingerprint density at radius 1 is 1.36 bits per heavy atom. The second-order valence-corrected chi connectivity index (χ2v) is 4.81. The summed E-state index contributed by atoms with van der Waals surface area (Å²) in [6, 6.07) is 5.48. The van der Waals surface area contributed by atoms with Crippen LogP contribution in [0.15, 0.2) is 22.7 Å². The van der Waals surface area contributed by atoms with E-state index in [4.69, 9.17) is 0 Å². The third kappa shape index (κ3) is 1.44. The first-order valence-electron chi connectivity index (χ1n) is 4.78. The Hall–Kier alpha value is -0.540. The van der Waals surface area contributed by atoms with Gasteiger partial charge in [-0.15, -0.1) is 0 Å². The molecule has 1 saturated carbocycles. The van der Waals surface area contributed by atoms with Gasteiger partial charge >= 0.3 is 0 Å². The van der Waals surface area contributed by atoms with Crippen LogP contribution in [0.4, 0.5) is 0 Å². The van der Waals surface area contributed by atoms with Crippen molar-refractivity contribution < 1.29 is 10.2 Å². The van der Waals surface area contributed by atoms with E-state index < -0.39 is 0 Å². The highest BCUT2D eigenvalue weighted by Crippen LogP contribution is 2.44. The van der Waals surface area contributed by atoms with Crippen LogP contribution in [0.3, 0.4) is 0 Å². The van der Waals surface area contributed by atoms with E-state index >= 15 is 0 Å². The summed E-state index contributed by atoms with van der Waals surface area (Å²) in [6.45, 7) is 0.199. The molecule has 1 fully saturated rings. The second kappa shape index (κ2) is 3.55. The summed E-state index contributed by atoms with van der Waals surface area (Å²) in [5.41, 5.74) is 1.08. The third-order valence-corrected chi connectivity index (χ3v) is 3.81. The van der Waals surface area contributed by atoms with Crippen LogP contribution >= 0.6 is 15.9 Å². The molecule has 0 bridgehead atoms. The molecule has 0 radical (unpaired) electrons. The summed E-state index contributed by atoms with van der Waals surface area (Å²) in [7, 11) is 0. The molecule has 1 aromatic carbocycles. The van der Waals surface area contributed by atoms with Crippen molar-refractivity contribution in [2.75, 3.05) is 6.61 Å². The molecule has 0 heterocycles. The van der Waals surface area contributed by atoms with Gasteiger partial charge in [-0.3, -0.25) is 0 Å². The maximum absolute atomic E-state index is 9.37. The van der Waals surface area contributed by atoms with Crippen LogP contribution < -0.4 is 0 Å². The van der Waals surface area contributed by atoms with Gasteiger partial charge in [-0.2, -0.15) is 0 Å². The zero-order valence-electron chi connectivity index (χ0n) is 7.83. The zero-order chi connectivity index (χ0) is 10.2. The molecule has 0 aliphatic heterocycles. The maximum atomic E-state index is 9.37. The molecule has 14 heavy (non-hydrogen) atoms. The van der Waals surface area contributed by atoms with Crippen molar-refractivity contribution in [2.45, 2.75) is 24.7 Å². The summed E-state index contributed by atoms with van der Waals surface area (Å²) in [5.74, 6) is 0.251. The Morgan fingerprint density at radius 3 is 2.50 bits per heavy atom. The highest BCUT2D eigenvalue weighted by atomic mass is 79.9. The second-order valence-electron chi connectivity index (χ2n) is 3.96. The van der Waals surface area contributed by atoms with Gasteiger partial charge in [0.2, 0.25) is 0 Å². The fourth-order valence-corrected chi connectivity index (χ4v) is 2.36. The topological polar surface area (TPSA) is 40.5 Å². The SMILES string of the molecule is OCC1(c2ccc(O)c(Br)c2)CCC1. The molecule has 0 aromatic heterocycles. The molecule has 0 unspecified atom stereocenters. The molecule has 2 nitrogen and oxygen atoms in total. The molecule has 1 aliphatic rings. The molecule has 1 aliphatic carbocycles. The molecule has 1 aromatic rings. The maximum Gasteiger partial charge on any atom is 0.129 e. The van der Waals surface area contributed by atoms with Crippen LogP contribution in [-0.2, 0) is 5.41 Å². The van der Waals surface area contributed by atoms with Crippen molar-refractivity contribution in [2.24, 2.45) is 0 Å². The van der Waals surface area contributed by atoms with Crippen LogP contribution in [-0.4, -0.2) is 16.8 Å². The number of aliphatic hydroxyl groups excluding tert-OH is 1. The summed E-state index contributed by atoms with van der Waals surface area (Å²) in [4.78, 5) is 0. The van der Waals surface area contributed by atoms with Crippen LogP contribution in [0, 0.1) is 0 Å². The van der Waals surface area contributed by atoms with E-state index in [1.54, 1.807) is 6.07 Å². The Bertz CT molecular complexity index is 340. The average Bonchev–Trinajstić information content (AvgIpc) is 2.10. The number of aromatic hydroxyl groups is 1. The normalized spacial score (nSPS) is 19.0. The van der Waals surface area contributed by atoms with E-state index in [0.717, 1.165) is 18.4 Å². The predicted octanol–water partition coefficient (Wildman–Crippen LogP) is 2.57. The highest BCUT2D eigenvalue weighted by Gasteiger charge is 2.38. The average molecular weight is 257 g/mol. The molecular formula is C11H13BrO2. The summed E-state index contributed by atoms with van der Waals surface area (Å²) >= 11 is 3.29. The summed E-state index contributed by atoms with van der Waals surface area (Å²) < 4.78 is 0.703. The van der Waals surface area contributed by atoms with Gasteiger partial charge in [-0.1, -0.05) is 12.5 Å². The Labute approximate surface area is 91.7 Å². The van der Waals surface area contributed by atoms with Gasteiger partial charge in [0.15, 0.2) is 0 Å². The van der Waals surface area contributed by atoms with E-state index in [9.17, 15) is 10.2 Å². The fourth-order valence-electron chi connectivity index (χ4n) is 1.98. The van der Waals surface area contributed by atoms with Crippen LogP contribution in [0.25, 0.3) is 0 Å². The van der Waals surface area contributed by atoms with E-state index in [2.05, 4.69) is 15.9 Å². The number of hydrogen-bond acceptors (Lipinski definition) is 2. The minimum absolute atomic E-state index is 0.0454. The minimum Gasteiger partial charge on any atom is -0.507 e. The number of benzene rings is 1. The lowest BCUT2D eigenvalue weighted by molar-refractivity contribution is 0.120. The molecule has 0 atom stereocenters. The fraction of sp³-hybridized carbons (Fsp3) is 0.455. The van der Waals surface area contributed by atoms with Gasteiger partial charge in [0, 0.05) is 5.41 Å². The quantitative estimate of drug-likeness (QED) is 0.854. The van der Waals surface area contributed by atoms with Crippen LogP contribution in [0.1, 0.15) is 24.8 Å². The molecule has 3 heteroatoms. The van der Waals surface area contributed by atoms with Crippen molar-refractivity contribution in [3.63, 3.8) is 0 Å². The first kappa shape index (κ1) is 9.99. The number of phenolic OH excluding ortho intramolecular Hbond substituents is 1. The van der Waals surface area contributed by atoms with Gasteiger partial charge in [0.25, 0.3) is 0 Å². The largest absolute Gasteiger partial charge is 0.507 e. The van der Waals surface area contributed by atoms with E-state index in [1.807, 2.05) is 12.1 Å². The van der Waals surface area contributed by atoms with Gasteiger partial charge in [0.05, 0.1) is 11.1 Å². The van der Waals surface area contributed by atoms with Gasteiger partial charge in [0.1, 0.15) is 5.75 Å². The van der Waals surface area contributed by atoms with Crippen LogP contribution in [0.2, 0.25) is 0 Å². The smallest absolute Gasteiger partial charge is 0.129 e. The molecule has 0 amide bonds. The summed E-state index contributed by atoms with van der Waals surface area (Å²) in [6.07, 6.45) is 3.26. The Kier molecular flexibility index (Phi) is 2.54.